The van der Waals surface area contributed by atoms with Gasteiger partial charge in [0.2, 0.25) is 0 Å². The molecule has 1 heterocycles. The molecular formula is C11H19B4N. The normalized spacial score (nSPS) is 30.7. The average Bonchev–Trinajstić information content (AvgIpc) is 2.33. The average molecular weight is 209 g/mol. The van der Waals surface area contributed by atoms with Crippen LogP contribution in [-0.2, 0) is 0 Å². The molecule has 1 nitrogen and oxygen atoms in total. The maximum absolute atomic E-state index is 6.11. The van der Waals surface area contributed by atoms with Crippen LogP contribution in [0.5, 0.6) is 0 Å². The maximum atomic E-state index is 6.11. The summed E-state index contributed by atoms with van der Waals surface area (Å²) >= 11 is 0. The van der Waals surface area contributed by atoms with E-state index in [4.69, 9.17) is 31.4 Å². The van der Waals surface area contributed by atoms with Crippen molar-refractivity contribution in [3.8, 4) is 0 Å². The number of rotatable bonds is 4. The molecule has 0 bridgehead atoms. The van der Waals surface area contributed by atoms with E-state index in [0.717, 1.165) is 19.3 Å². The lowest BCUT2D eigenvalue weighted by molar-refractivity contribution is 0.0945. The molecule has 8 radical (unpaired) electrons. The molecule has 16 heavy (non-hydrogen) atoms. The van der Waals surface area contributed by atoms with Gasteiger partial charge in [-0.15, -0.1) is 0 Å². The Morgan fingerprint density at radius 2 is 1.88 bits per heavy atom. The van der Waals surface area contributed by atoms with E-state index >= 15 is 0 Å². The molecule has 1 rings (SSSR count). The van der Waals surface area contributed by atoms with E-state index in [1.54, 1.807) is 0 Å². The molecule has 5 heteroatoms. The fourth-order valence-electron chi connectivity index (χ4n) is 2.72. The molecule has 1 aliphatic rings. The highest BCUT2D eigenvalue weighted by Crippen LogP contribution is 2.42. The highest BCUT2D eigenvalue weighted by Gasteiger charge is 2.46. The first-order chi connectivity index (χ1) is 7.23. The van der Waals surface area contributed by atoms with E-state index in [1.807, 2.05) is 4.90 Å². The van der Waals surface area contributed by atoms with Gasteiger partial charge in [0.05, 0.1) is 31.4 Å². The predicted molar refractivity (Wildman–Crippen MR) is 73.3 cm³/mol. The largest absolute Gasteiger partial charge is 0.316 e. The molecule has 1 aliphatic heterocycles. The van der Waals surface area contributed by atoms with Gasteiger partial charge < -0.3 is 4.90 Å². The first-order valence-electron chi connectivity index (χ1n) is 6.12. The third kappa shape index (κ3) is 2.55. The quantitative estimate of drug-likeness (QED) is 0.626. The van der Waals surface area contributed by atoms with Crippen molar-refractivity contribution in [2.75, 3.05) is 0 Å². The lowest BCUT2D eigenvalue weighted by Gasteiger charge is -2.50. The van der Waals surface area contributed by atoms with Crippen LogP contribution < -0.4 is 0 Å². The molecule has 2 atom stereocenters. The first kappa shape index (κ1) is 14.3. The van der Waals surface area contributed by atoms with Crippen LogP contribution in [0.15, 0.2) is 0 Å². The molecule has 0 aromatic heterocycles. The van der Waals surface area contributed by atoms with Gasteiger partial charge in [0.15, 0.2) is 0 Å². The molecule has 0 amide bonds. The van der Waals surface area contributed by atoms with E-state index in [-0.39, 0.29) is 17.3 Å². The van der Waals surface area contributed by atoms with Crippen molar-refractivity contribution in [1.29, 1.82) is 0 Å². The van der Waals surface area contributed by atoms with Crippen molar-refractivity contribution in [2.45, 2.75) is 69.1 Å². The zero-order valence-electron chi connectivity index (χ0n) is 10.7. The van der Waals surface area contributed by atoms with Crippen LogP contribution >= 0.6 is 0 Å². The third-order valence-corrected chi connectivity index (χ3v) is 3.63. The molecule has 1 fully saturated rings. The number of unbranched alkanes of at least 4 members (excludes halogenated alkanes) is 1. The van der Waals surface area contributed by atoms with Crippen molar-refractivity contribution >= 4 is 31.4 Å². The fourth-order valence-corrected chi connectivity index (χ4v) is 2.72. The second kappa shape index (κ2) is 4.84. The second-order valence-corrected chi connectivity index (χ2v) is 5.58. The summed E-state index contributed by atoms with van der Waals surface area (Å²) in [6.07, 6.45) is 3.98. The number of hydrogen-bond donors (Lipinski definition) is 0. The highest BCUT2D eigenvalue weighted by molar-refractivity contribution is 6.45. The minimum Gasteiger partial charge on any atom is -0.316 e. The highest BCUT2D eigenvalue weighted by atomic mass is 15.3. The molecule has 1 saturated heterocycles. The lowest BCUT2D eigenvalue weighted by atomic mass is 9.49. The summed E-state index contributed by atoms with van der Waals surface area (Å²) in [7, 11) is 24.3. The smallest absolute Gasteiger partial charge is 0.0909 e. The van der Waals surface area contributed by atoms with E-state index in [1.165, 1.54) is 0 Å². The Kier molecular flexibility index (Phi) is 4.32. The fraction of sp³-hybridized carbons (Fsp3) is 1.00. The van der Waals surface area contributed by atoms with E-state index < -0.39 is 5.34 Å². The van der Waals surface area contributed by atoms with Crippen molar-refractivity contribution in [2.24, 2.45) is 0 Å². The summed E-state index contributed by atoms with van der Waals surface area (Å²) in [5.41, 5.74) is -0.104. The standard InChI is InChI=1S/C11H19B4N/c1-4-5-6-10(2,3)16-9(13)7-8(12)11(16,14)15/h8-9H,4-7H2,1-3H3. The summed E-state index contributed by atoms with van der Waals surface area (Å²) in [6.45, 7) is 6.44. The Balaban J connectivity index is 2.84. The van der Waals surface area contributed by atoms with E-state index in [9.17, 15) is 0 Å². The van der Waals surface area contributed by atoms with Crippen LogP contribution in [0.1, 0.15) is 46.5 Å². The summed E-state index contributed by atoms with van der Waals surface area (Å²) < 4.78 is 0. The lowest BCUT2D eigenvalue weighted by Crippen LogP contribution is -2.59. The topological polar surface area (TPSA) is 3.24 Å². The Morgan fingerprint density at radius 1 is 1.31 bits per heavy atom. The summed E-state index contributed by atoms with van der Waals surface area (Å²) in [4.78, 5) is 1.99. The minimum atomic E-state index is -0.989. The van der Waals surface area contributed by atoms with Gasteiger partial charge in [-0.25, -0.2) is 0 Å². The molecule has 0 aromatic carbocycles. The van der Waals surface area contributed by atoms with Gasteiger partial charge in [0.25, 0.3) is 0 Å². The van der Waals surface area contributed by atoms with Gasteiger partial charge in [0, 0.05) is 5.54 Å². The van der Waals surface area contributed by atoms with Crippen LogP contribution in [0.4, 0.5) is 0 Å². The Morgan fingerprint density at radius 3 is 2.25 bits per heavy atom. The van der Waals surface area contributed by atoms with Gasteiger partial charge in [-0.3, -0.25) is 0 Å². The molecule has 0 spiro atoms. The molecule has 80 valence electrons. The molecule has 2 unspecified atom stereocenters. The SMILES string of the molecule is [B]C1CC([B])C([B])([B])N1C(C)(C)CCCC. The van der Waals surface area contributed by atoms with Gasteiger partial charge in [-0.2, -0.15) is 0 Å². The second-order valence-electron chi connectivity index (χ2n) is 5.58. The Hall–Kier alpha value is 0.220. The van der Waals surface area contributed by atoms with Gasteiger partial charge >= 0.3 is 0 Å². The number of likely N-dealkylation sites (tertiary alicyclic amines) is 1. The van der Waals surface area contributed by atoms with Gasteiger partial charge in [-0.05, 0) is 26.2 Å². The predicted octanol–water partition coefficient (Wildman–Crippen LogP) is 1.10. The summed E-state index contributed by atoms with van der Waals surface area (Å²) in [5.74, 6) is -0.403. The van der Waals surface area contributed by atoms with Crippen LogP contribution in [0.2, 0.25) is 5.82 Å². The van der Waals surface area contributed by atoms with Crippen molar-refractivity contribution in [3.63, 3.8) is 0 Å². The zero-order valence-corrected chi connectivity index (χ0v) is 10.7. The first-order valence-corrected chi connectivity index (χ1v) is 6.12. The Labute approximate surface area is 106 Å². The molecular weight excluding hydrogens is 189 g/mol. The summed E-state index contributed by atoms with van der Waals surface area (Å²) in [5, 5.41) is -0.989. The minimum absolute atomic E-state index is 0.104. The monoisotopic (exact) mass is 209 g/mol. The third-order valence-electron chi connectivity index (χ3n) is 3.63. The zero-order chi connectivity index (χ0) is 12.6. The summed E-state index contributed by atoms with van der Waals surface area (Å²) in [6, 6.07) is 0. The van der Waals surface area contributed by atoms with Crippen LogP contribution in [0.25, 0.3) is 0 Å². The molecule has 0 N–H and O–H groups in total. The number of hydrogen-bond acceptors (Lipinski definition) is 1. The van der Waals surface area contributed by atoms with Crippen molar-refractivity contribution in [1.82, 2.24) is 4.90 Å². The van der Waals surface area contributed by atoms with Crippen molar-refractivity contribution < 1.29 is 0 Å². The van der Waals surface area contributed by atoms with Gasteiger partial charge in [-0.1, -0.05) is 37.3 Å². The molecule has 0 aliphatic carbocycles. The number of nitrogens with zero attached hydrogens (tertiary/aromatic N) is 1. The van der Waals surface area contributed by atoms with E-state index in [0.29, 0.717) is 6.42 Å². The van der Waals surface area contributed by atoms with Crippen molar-refractivity contribution in [3.05, 3.63) is 0 Å². The molecule has 0 aromatic rings. The van der Waals surface area contributed by atoms with Gasteiger partial charge in [0.1, 0.15) is 0 Å². The van der Waals surface area contributed by atoms with Crippen LogP contribution in [0, 0.1) is 0 Å². The molecule has 0 saturated carbocycles. The maximum Gasteiger partial charge on any atom is 0.0909 e. The van der Waals surface area contributed by atoms with Crippen LogP contribution in [-0.4, -0.2) is 53.1 Å². The van der Waals surface area contributed by atoms with Crippen LogP contribution in [0.3, 0.4) is 0 Å². The van der Waals surface area contributed by atoms with E-state index in [2.05, 4.69) is 20.8 Å². The Bertz CT molecular complexity index is 242.